The molecule has 0 bridgehead atoms. The van der Waals surface area contributed by atoms with Crippen LogP contribution < -0.4 is 5.73 Å². The van der Waals surface area contributed by atoms with Gasteiger partial charge in [0.2, 0.25) is 0 Å². The number of aliphatic carboxylic acids is 1. The third kappa shape index (κ3) is 6.22. The molecule has 0 spiro atoms. The van der Waals surface area contributed by atoms with Crippen LogP contribution in [0.2, 0.25) is 0 Å². The molecule has 23 heavy (non-hydrogen) atoms. The van der Waals surface area contributed by atoms with Crippen LogP contribution in [0.5, 0.6) is 0 Å². The van der Waals surface area contributed by atoms with Gasteiger partial charge in [-0.1, -0.05) is 31.9 Å². The van der Waals surface area contributed by atoms with Gasteiger partial charge in [-0.15, -0.1) is 0 Å². The van der Waals surface area contributed by atoms with Crippen LogP contribution in [0, 0.1) is 5.92 Å². The van der Waals surface area contributed by atoms with Crippen molar-refractivity contribution in [3.63, 3.8) is 0 Å². The van der Waals surface area contributed by atoms with Gasteiger partial charge in [-0.05, 0) is 49.8 Å². The quantitative estimate of drug-likeness (QED) is 0.748. The fourth-order valence-corrected chi connectivity index (χ4v) is 2.59. The summed E-state index contributed by atoms with van der Waals surface area (Å²) in [7, 11) is 0. The van der Waals surface area contributed by atoms with Crippen molar-refractivity contribution in [3.05, 3.63) is 35.4 Å². The Balaban J connectivity index is 2.50. The number of carboxylic acid groups (broad SMARTS) is 1. The predicted molar refractivity (Wildman–Crippen MR) is 83.0 cm³/mol. The third-order valence-corrected chi connectivity index (χ3v) is 4.14. The van der Waals surface area contributed by atoms with Gasteiger partial charge in [0.25, 0.3) is 0 Å². The maximum Gasteiger partial charge on any atom is 0.416 e. The van der Waals surface area contributed by atoms with E-state index in [4.69, 9.17) is 10.8 Å². The van der Waals surface area contributed by atoms with Crippen molar-refractivity contribution in [2.24, 2.45) is 11.7 Å². The van der Waals surface area contributed by atoms with E-state index in [1.54, 1.807) is 0 Å². The van der Waals surface area contributed by atoms with E-state index in [0.29, 0.717) is 12.8 Å². The van der Waals surface area contributed by atoms with Crippen LogP contribution in [0.4, 0.5) is 13.2 Å². The van der Waals surface area contributed by atoms with Crippen LogP contribution in [0.1, 0.15) is 50.7 Å². The molecule has 0 saturated heterocycles. The lowest BCUT2D eigenvalue weighted by molar-refractivity contribution is -0.143. The normalized spacial score (nSPS) is 15.9. The lowest BCUT2D eigenvalue weighted by Crippen LogP contribution is -2.46. The fraction of sp³-hybridized carbons (Fsp3) is 0.588. The summed E-state index contributed by atoms with van der Waals surface area (Å²) >= 11 is 0. The second kappa shape index (κ2) is 7.81. The summed E-state index contributed by atoms with van der Waals surface area (Å²) in [4.78, 5) is 11.1. The molecule has 0 aliphatic rings. The standard InChI is InChI=1S/C17H24F3NO2/c1-3-12(11-16(2,21)15(22)23)5-4-6-13-7-9-14(10-8-13)17(18,19)20/h7-10,12H,3-6,11,21H2,1-2H3,(H,22,23). The summed E-state index contributed by atoms with van der Waals surface area (Å²) in [5.41, 5.74) is 4.73. The van der Waals surface area contributed by atoms with Crippen molar-refractivity contribution >= 4 is 5.97 Å². The number of alkyl halides is 3. The van der Waals surface area contributed by atoms with Crippen LogP contribution in [-0.4, -0.2) is 16.6 Å². The number of rotatable bonds is 8. The van der Waals surface area contributed by atoms with E-state index in [-0.39, 0.29) is 5.92 Å². The van der Waals surface area contributed by atoms with Crippen LogP contribution >= 0.6 is 0 Å². The zero-order valence-corrected chi connectivity index (χ0v) is 13.5. The maximum atomic E-state index is 12.5. The highest BCUT2D eigenvalue weighted by Crippen LogP contribution is 2.29. The molecule has 130 valence electrons. The highest BCUT2D eigenvalue weighted by atomic mass is 19.4. The van der Waals surface area contributed by atoms with Gasteiger partial charge in [0.15, 0.2) is 0 Å². The van der Waals surface area contributed by atoms with Crippen molar-refractivity contribution < 1.29 is 23.1 Å². The van der Waals surface area contributed by atoms with E-state index in [0.717, 1.165) is 37.0 Å². The molecule has 0 aliphatic carbocycles. The Kier molecular flexibility index (Phi) is 6.62. The van der Waals surface area contributed by atoms with Crippen molar-refractivity contribution in [2.45, 2.75) is 57.7 Å². The Hall–Kier alpha value is -1.56. The largest absolute Gasteiger partial charge is 0.480 e. The number of nitrogens with two attached hydrogens (primary N) is 1. The lowest BCUT2D eigenvalue weighted by Gasteiger charge is -2.25. The van der Waals surface area contributed by atoms with Gasteiger partial charge >= 0.3 is 12.1 Å². The van der Waals surface area contributed by atoms with Crippen LogP contribution in [-0.2, 0) is 17.4 Å². The van der Waals surface area contributed by atoms with Crippen LogP contribution in [0.3, 0.4) is 0 Å². The molecule has 0 aliphatic heterocycles. The van der Waals surface area contributed by atoms with E-state index in [2.05, 4.69) is 0 Å². The first-order chi connectivity index (χ1) is 10.6. The Morgan fingerprint density at radius 3 is 2.26 bits per heavy atom. The molecule has 1 aromatic carbocycles. The van der Waals surface area contributed by atoms with E-state index in [9.17, 15) is 18.0 Å². The number of benzene rings is 1. The molecule has 0 saturated carbocycles. The number of hydrogen-bond acceptors (Lipinski definition) is 2. The van der Waals surface area contributed by atoms with Crippen molar-refractivity contribution in [3.8, 4) is 0 Å². The summed E-state index contributed by atoms with van der Waals surface area (Å²) in [5.74, 6) is -0.825. The number of aryl methyl sites for hydroxylation is 1. The average Bonchev–Trinajstić information content (AvgIpc) is 2.45. The van der Waals surface area contributed by atoms with Gasteiger partial charge in [-0.2, -0.15) is 13.2 Å². The second-order valence-electron chi connectivity index (χ2n) is 6.29. The minimum Gasteiger partial charge on any atom is -0.480 e. The first kappa shape index (κ1) is 19.5. The molecule has 1 aromatic rings. The topological polar surface area (TPSA) is 63.3 Å². The highest BCUT2D eigenvalue weighted by Gasteiger charge is 2.31. The van der Waals surface area contributed by atoms with Crippen molar-refractivity contribution in [1.29, 1.82) is 0 Å². The molecular weight excluding hydrogens is 307 g/mol. The molecule has 1 rings (SSSR count). The summed E-state index contributed by atoms with van der Waals surface area (Å²) in [6.45, 7) is 3.49. The third-order valence-electron chi connectivity index (χ3n) is 4.14. The molecule has 0 aromatic heterocycles. The molecule has 0 amide bonds. The Morgan fingerprint density at radius 1 is 1.26 bits per heavy atom. The van der Waals surface area contributed by atoms with Gasteiger partial charge in [0.05, 0.1) is 5.56 Å². The molecule has 0 heterocycles. The second-order valence-corrected chi connectivity index (χ2v) is 6.29. The van der Waals surface area contributed by atoms with Gasteiger partial charge in [-0.3, -0.25) is 4.79 Å². The predicted octanol–water partition coefficient (Wildman–Crippen LogP) is 4.25. The van der Waals surface area contributed by atoms with Gasteiger partial charge < -0.3 is 10.8 Å². The number of carboxylic acids is 1. The maximum absolute atomic E-state index is 12.5. The number of hydrogen-bond donors (Lipinski definition) is 2. The molecule has 0 fully saturated rings. The Bertz CT molecular complexity index is 510. The Morgan fingerprint density at radius 2 is 1.83 bits per heavy atom. The van der Waals surface area contributed by atoms with Crippen molar-refractivity contribution in [2.75, 3.05) is 0 Å². The molecule has 6 heteroatoms. The minimum atomic E-state index is -4.31. The highest BCUT2D eigenvalue weighted by molar-refractivity contribution is 5.77. The van der Waals surface area contributed by atoms with E-state index in [1.165, 1.54) is 19.1 Å². The van der Waals surface area contributed by atoms with E-state index in [1.807, 2.05) is 6.92 Å². The lowest BCUT2D eigenvalue weighted by atomic mass is 9.85. The molecule has 2 atom stereocenters. The molecule has 2 unspecified atom stereocenters. The van der Waals surface area contributed by atoms with Crippen LogP contribution in [0.15, 0.2) is 24.3 Å². The van der Waals surface area contributed by atoms with Gasteiger partial charge in [0.1, 0.15) is 5.54 Å². The molecule has 3 nitrogen and oxygen atoms in total. The molecular formula is C17H24F3NO2. The summed E-state index contributed by atoms with van der Waals surface area (Å²) in [6, 6.07) is 5.17. The first-order valence-electron chi connectivity index (χ1n) is 7.74. The van der Waals surface area contributed by atoms with E-state index < -0.39 is 23.2 Å². The summed E-state index contributed by atoms with van der Waals surface area (Å²) < 4.78 is 37.5. The average molecular weight is 331 g/mol. The fourth-order valence-electron chi connectivity index (χ4n) is 2.59. The minimum absolute atomic E-state index is 0.190. The smallest absolute Gasteiger partial charge is 0.416 e. The first-order valence-corrected chi connectivity index (χ1v) is 7.74. The van der Waals surface area contributed by atoms with Crippen molar-refractivity contribution in [1.82, 2.24) is 0 Å². The van der Waals surface area contributed by atoms with E-state index >= 15 is 0 Å². The molecule has 3 N–H and O–H groups in total. The van der Waals surface area contributed by atoms with Crippen LogP contribution in [0.25, 0.3) is 0 Å². The number of carbonyl (C=O) groups is 1. The summed E-state index contributed by atoms with van der Waals surface area (Å²) in [5, 5.41) is 9.06. The van der Waals surface area contributed by atoms with Gasteiger partial charge in [-0.25, -0.2) is 0 Å². The summed E-state index contributed by atoms with van der Waals surface area (Å²) in [6.07, 6.45) is -0.826. The number of halogens is 3. The zero-order valence-electron chi connectivity index (χ0n) is 13.5. The zero-order chi connectivity index (χ0) is 17.7. The monoisotopic (exact) mass is 331 g/mol. The SMILES string of the molecule is CCC(CCCc1ccc(C(F)(F)F)cc1)CC(C)(N)C(=O)O. The Labute approximate surface area is 134 Å². The molecule has 0 radical (unpaired) electrons. The van der Waals surface area contributed by atoms with Gasteiger partial charge in [0, 0.05) is 0 Å².